The van der Waals surface area contributed by atoms with Crippen molar-refractivity contribution in [1.29, 1.82) is 0 Å². The Balaban J connectivity index is 2.10. The van der Waals surface area contributed by atoms with E-state index < -0.39 is 0 Å². The van der Waals surface area contributed by atoms with Crippen LogP contribution in [0.3, 0.4) is 0 Å². The van der Waals surface area contributed by atoms with E-state index in [4.69, 9.17) is 4.74 Å². The molecule has 1 fully saturated rings. The summed E-state index contributed by atoms with van der Waals surface area (Å²) in [6.07, 6.45) is 7.19. The third-order valence-electron chi connectivity index (χ3n) is 4.08. The van der Waals surface area contributed by atoms with Crippen LogP contribution < -0.4 is 5.32 Å². The van der Waals surface area contributed by atoms with E-state index in [1.807, 2.05) is 31.2 Å². The molecule has 1 aromatic carbocycles. The van der Waals surface area contributed by atoms with Gasteiger partial charge < -0.3 is 10.1 Å². The molecule has 1 atom stereocenters. The van der Waals surface area contributed by atoms with Gasteiger partial charge in [0.2, 0.25) is 0 Å². The van der Waals surface area contributed by atoms with Gasteiger partial charge in [0.25, 0.3) is 0 Å². The van der Waals surface area contributed by atoms with Gasteiger partial charge in [-0.15, -0.1) is 0 Å². The molecule has 3 nitrogen and oxygen atoms in total. The van der Waals surface area contributed by atoms with E-state index in [0.29, 0.717) is 12.5 Å². The zero-order valence-electron chi connectivity index (χ0n) is 12.6. The van der Waals surface area contributed by atoms with Crippen LogP contribution in [0.1, 0.15) is 45.4 Å². The van der Waals surface area contributed by atoms with Crippen LogP contribution in [0.5, 0.6) is 0 Å². The van der Waals surface area contributed by atoms with Crippen molar-refractivity contribution in [1.82, 2.24) is 0 Å². The van der Waals surface area contributed by atoms with Gasteiger partial charge in [-0.2, -0.15) is 0 Å². The third kappa shape index (κ3) is 5.03. The Bertz CT molecular complexity index is 439. The van der Waals surface area contributed by atoms with Crippen LogP contribution in [0.2, 0.25) is 0 Å². The average Bonchev–Trinajstić information content (AvgIpc) is 2.76. The number of benzene rings is 1. The summed E-state index contributed by atoms with van der Waals surface area (Å²) in [7, 11) is 0. The maximum absolute atomic E-state index is 12.3. The molecule has 1 aliphatic rings. The fraction of sp³-hybridized carbons (Fsp3) is 0.588. The van der Waals surface area contributed by atoms with E-state index in [9.17, 15) is 4.79 Å². The Morgan fingerprint density at radius 2 is 1.86 bits per heavy atom. The first-order valence-corrected chi connectivity index (χ1v) is 8.68. The molecule has 116 valence electrons. The number of hydrogen-bond acceptors (Lipinski definition) is 3. The highest BCUT2D eigenvalue weighted by molar-refractivity contribution is 9.10. The smallest absolute Gasteiger partial charge is 0.328 e. The maximum atomic E-state index is 12.3. The normalized spacial score (nSPS) is 17.8. The van der Waals surface area contributed by atoms with E-state index in [1.54, 1.807) is 0 Å². The second-order valence-electron chi connectivity index (χ2n) is 5.63. The van der Waals surface area contributed by atoms with Crippen LogP contribution in [0, 0.1) is 5.92 Å². The van der Waals surface area contributed by atoms with Crippen LogP contribution in [-0.2, 0) is 9.53 Å². The predicted molar refractivity (Wildman–Crippen MR) is 89.4 cm³/mol. The molecule has 21 heavy (non-hydrogen) atoms. The lowest BCUT2D eigenvalue weighted by Crippen LogP contribution is -2.38. The maximum Gasteiger partial charge on any atom is 0.328 e. The van der Waals surface area contributed by atoms with Crippen molar-refractivity contribution in [2.45, 2.75) is 51.5 Å². The molecule has 0 saturated heterocycles. The summed E-state index contributed by atoms with van der Waals surface area (Å²) >= 11 is 3.43. The molecule has 0 heterocycles. The average molecular weight is 354 g/mol. The van der Waals surface area contributed by atoms with Gasteiger partial charge in [0.1, 0.15) is 6.04 Å². The highest BCUT2D eigenvalue weighted by atomic mass is 79.9. The van der Waals surface area contributed by atoms with Gasteiger partial charge in [0.15, 0.2) is 0 Å². The van der Waals surface area contributed by atoms with Crippen molar-refractivity contribution < 1.29 is 9.53 Å². The highest BCUT2D eigenvalue weighted by Gasteiger charge is 2.29. The molecule has 2 rings (SSSR count). The van der Waals surface area contributed by atoms with Gasteiger partial charge >= 0.3 is 5.97 Å². The SMILES string of the molecule is CCOC(=O)C(Nc1ccc(Br)cc1)C1CCCCCC1. The number of halogens is 1. The van der Waals surface area contributed by atoms with E-state index >= 15 is 0 Å². The van der Waals surface area contributed by atoms with Crippen LogP contribution >= 0.6 is 15.9 Å². The molecule has 1 N–H and O–H groups in total. The Labute approximate surface area is 135 Å². The van der Waals surface area contributed by atoms with Crippen LogP contribution in [-0.4, -0.2) is 18.6 Å². The topological polar surface area (TPSA) is 38.3 Å². The molecule has 0 spiro atoms. The monoisotopic (exact) mass is 353 g/mol. The van der Waals surface area contributed by atoms with Gasteiger partial charge in [-0.1, -0.05) is 41.6 Å². The lowest BCUT2D eigenvalue weighted by atomic mass is 9.91. The Morgan fingerprint density at radius 1 is 1.24 bits per heavy atom. The van der Waals surface area contributed by atoms with Crippen molar-refractivity contribution >= 4 is 27.6 Å². The Morgan fingerprint density at radius 3 is 2.43 bits per heavy atom. The molecule has 4 heteroatoms. The summed E-state index contributed by atoms with van der Waals surface area (Å²) < 4.78 is 6.32. The molecule has 1 saturated carbocycles. The van der Waals surface area contributed by atoms with Gasteiger partial charge in [-0.3, -0.25) is 0 Å². The second-order valence-corrected chi connectivity index (χ2v) is 6.55. The molecular weight excluding hydrogens is 330 g/mol. The number of rotatable bonds is 5. The lowest BCUT2D eigenvalue weighted by Gasteiger charge is -2.26. The Hall–Kier alpha value is -1.03. The number of anilines is 1. The number of ether oxygens (including phenoxy) is 1. The van der Waals surface area contributed by atoms with Crippen molar-refractivity contribution in [3.63, 3.8) is 0 Å². The van der Waals surface area contributed by atoms with Crippen LogP contribution in [0.15, 0.2) is 28.7 Å². The molecule has 1 unspecified atom stereocenters. The minimum atomic E-state index is -0.232. The highest BCUT2D eigenvalue weighted by Crippen LogP contribution is 2.28. The molecule has 0 amide bonds. The van der Waals surface area contributed by atoms with Crippen molar-refractivity contribution in [2.24, 2.45) is 5.92 Å². The number of hydrogen-bond donors (Lipinski definition) is 1. The van der Waals surface area contributed by atoms with Crippen LogP contribution in [0.25, 0.3) is 0 Å². The second kappa shape index (κ2) is 8.42. The van der Waals surface area contributed by atoms with Crippen molar-refractivity contribution in [3.8, 4) is 0 Å². The lowest BCUT2D eigenvalue weighted by molar-refractivity contribution is -0.145. The first kappa shape index (κ1) is 16.3. The van der Waals surface area contributed by atoms with Crippen LogP contribution in [0.4, 0.5) is 5.69 Å². The summed E-state index contributed by atoms with van der Waals surface area (Å²) in [5.41, 5.74) is 0.973. The fourth-order valence-corrected chi connectivity index (χ4v) is 3.24. The molecule has 0 aliphatic heterocycles. The fourth-order valence-electron chi connectivity index (χ4n) is 2.97. The van der Waals surface area contributed by atoms with Gasteiger partial charge in [0.05, 0.1) is 6.61 Å². The number of carbonyl (C=O) groups is 1. The molecule has 0 bridgehead atoms. The molecule has 0 radical (unpaired) electrons. The predicted octanol–water partition coefficient (Wildman–Crippen LogP) is 4.76. The van der Waals surface area contributed by atoms with E-state index in [0.717, 1.165) is 23.0 Å². The zero-order valence-corrected chi connectivity index (χ0v) is 14.2. The van der Waals surface area contributed by atoms with Crippen molar-refractivity contribution in [2.75, 3.05) is 11.9 Å². The summed E-state index contributed by atoms with van der Waals surface area (Å²) in [6, 6.07) is 7.72. The molecule has 1 aromatic rings. The van der Waals surface area contributed by atoms with Crippen molar-refractivity contribution in [3.05, 3.63) is 28.7 Å². The van der Waals surface area contributed by atoms with Gasteiger partial charge in [-0.05, 0) is 49.9 Å². The first-order chi connectivity index (χ1) is 10.2. The summed E-state index contributed by atoms with van der Waals surface area (Å²) in [5, 5.41) is 3.39. The Kier molecular flexibility index (Phi) is 6.55. The quantitative estimate of drug-likeness (QED) is 0.612. The number of esters is 1. The summed E-state index contributed by atoms with van der Waals surface area (Å²) in [5.74, 6) is 0.252. The van der Waals surface area contributed by atoms with Gasteiger partial charge in [-0.25, -0.2) is 4.79 Å². The third-order valence-corrected chi connectivity index (χ3v) is 4.61. The van der Waals surface area contributed by atoms with E-state index in [1.165, 1.54) is 25.7 Å². The zero-order chi connectivity index (χ0) is 15.1. The molecule has 1 aliphatic carbocycles. The van der Waals surface area contributed by atoms with E-state index in [2.05, 4.69) is 21.2 Å². The standard InChI is InChI=1S/C17H24BrNO2/c1-2-21-17(20)16(13-7-5-3-4-6-8-13)19-15-11-9-14(18)10-12-15/h9-13,16,19H,2-8H2,1H3. The largest absolute Gasteiger partial charge is 0.464 e. The summed E-state index contributed by atoms with van der Waals surface area (Å²) in [4.78, 5) is 12.3. The van der Waals surface area contributed by atoms with Gasteiger partial charge in [0, 0.05) is 10.2 Å². The number of carbonyl (C=O) groups excluding carboxylic acids is 1. The molecule has 0 aromatic heterocycles. The minimum Gasteiger partial charge on any atom is -0.464 e. The van der Waals surface area contributed by atoms with E-state index in [-0.39, 0.29) is 12.0 Å². The first-order valence-electron chi connectivity index (χ1n) is 7.89. The summed E-state index contributed by atoms with van der Waals surface area (Å²) in [6.45, 7) is 2.30. The minimum absolute atomic E-state index is 0.118. The molecular formula is C17H24BrNO2. The number of nitrogens with one attached hydrogen (secondary N) is 1.